The van der Waals surface area contributed by atoms with Gasteiger partial charge >= 0.3 is 0 Å². The van der Waals surface area contributed by atoms with Crippen molar-refractivity contribution < 1.29 is 14.6 Å². The largest absolute Gasteiger partial charge is 0.488 e. The van der Waals surface area contributed by atoms with Crippen LogP contribution in [0.25, 0.3) is 0 Å². The maximum atomic E-state index is 9.57. The van der Waals surface area contributed by atoms with E-state index in [1.165, 1.54) is 0 Å². The smallest absolute Gasteiger partial charge is 0.125 e. The van der Waals surface area contributed by atoms with Crippen LogP contribution in [0.15, 0.2) is 24.3 Å². The molecule has 1 aliphatic rings. The fraction of sp³-hybridized carbons (Fsp3) is 0.500. The van der Waals surface area contributed by atoms with Crippen LogP contribution in [0.1, 0.15) is 25.0 Å². The lowest BCUT2D eigenvalue weighted by Crippen LogP contribution is -2.16. The highest BCUT2D eigenvalue weighted by molar-refractivity contribution is 5.34. The van der Waals surface area contributed by atoms with Crippen molar-refractivity contribution in [1.29, 1.82) is 0 Å². The van der Waals surface area contributed by atoms with Gasteiger partial charge in [0.2, 0.25) is 0 Å². The Morgan fingerprint density at radius 2 is 2.27 bits per heavy atom. The molecule has 0 aliphatic carbocycles. The average molecular weight is 208 g/mol. The first-order chi connectivity index (χ1) is 7.27. The highest BCUT2D eigenvalue weighted by Gasteiger charge is 2.19. The monoisotopic (exact) mass is 208 g/mol. The van der Waals surface area contributed by atoms with Crippen LogP contribution < -0.4 is 4.74 Å². The molecule has 1 N–H and O–H groups in total. The van der Waals surface area contributed by atoms with E-state index in [4.69, 9.17) is 9.47 Å². The predicted molar refractivity (Wildman–Crippen MR) is 56.9 cm³/mol. The van der Waals surface area contributed by atoms with Gasteiger partial charge in [0.15, 0.2) is 0 Å². The van der Waals surface area contributed by atoms with Crippen molar-refractivity contribution in [3.63, 3.8) is 0 Å². The molecule has 1 aromatic carbocycles. The number of ether oxygens (including phenoxy) is 2. The van der Waals surface area contributed by atoms with Crippen molar-refractivity contribution >= 4 is 0 Å². The molecule has 82 valence electrons. The second-order valence-corrected chi connectivity index (χ2v) is 3.82. The van der Waals surface area contributed by atoms with Crippen molar-refractivity contribution in [2.45, 2.75) is 25.6 Å². The van der Waals surface area contributed by atoms with Gasteiger partial charge in [-0.2, -0.15) is 0 Å². The summed E-state index contributed by atoms with van der Waals surface area (Å²) in [6, 6.07) is 7.59. The highest BCUT2D eigenvalue weighted by Crippen LogP contribution is 2.26. The van der Waals surface area contributed by atoms with Crippen LogP contribution in [0.5, 0.6) is 5.75 Å². The quantitative estimate of drug-likeness (QED) is 0.824. The number of hydrogen-bond acceptors (Lipinski definition) is 3. The minimum Gasteiger partial charge on any atom is -0.488 e. The molecule has 0 saturated carbocycles. The van der Waals surface area contributed by atoms with Gasteiger partial charge in [-0.15, -0.1) is 0 Å². The molecule has 3 heteroatoms. The van der Waals surface area contributed by atoms with Crippen molar-refractivity contribution in [2.75, 3.05) is 13.2 Å². The molecule has 0 amide bonds. The normalized spacial score (nSPS) is 22.7. The zero-order chi connectivity index (χ0) is 10.7. The predicted octanol–water partition coefficient (Wildman–Crippen LogP) is 1.91. The maximum absolute atomic E-state index is 9.57. The van der Waals surface area contributed by atoms with Crippen molar-refractivity contribution in [2.24, 2.45) is 0 Å². The Hall–Kier alpha value is -1.06. The Morgan fingerprint density at radius 3 is 2.93 bits per heavy atom. The molecule has 0 aromatic heterocycles. The van der Waals surface area contributed by atoms with Gasteiger partial charge in [0.25, 0.3) is 0 Å². The molecule has 1 saturated heterocycles. The minimum atomic E-state index is -0.497. The van der Waals surface area contributed by atoms with Gasteiger partial charge in [0, 0.05) is 12.0 Å². The van der Waals surface area contributed by atoms with E-state index in [1.54, 1.807) is 6.92 Å². The third kappa shape index (κ3) is 2.49. The Morgan fingerprint density at radius 1 is 1.47 bits per heavy atom. The molecule has 0 spiro atoms. The summed E-state index contributed by atoms with van der Waals surface area (Å²) >= 11 is 0. The molecular formula is C12H16O3. The topological polar surface area (TPSA) is 38.7 Å². The van der Waals surface area contributed by atoms with Gasteiger partial charge in [-0.3, -0.25) is 0 Å². The number of aliphatic hydroxyl groups excluding tert-OH is 1. The van der Waals surface area contributed by atoms with E-state index < -0.39 is 6.10 Å². The standard InChI is InChI=1S/C12H16O3/c1-9(13)11-4-2-3-5-12(11)15-10-6-7-14-8-10/h2-5,9-10,13H,6-8H2,1H3. The average Bonchev–Trinajstić information content (AvgIpc) is 2.71. The summed E-state index contributed by atoms with van der Waals surface area (Å²) in [5.74, 6) is 0.767. The molecule has 1 aliphatic heterocycles. The molecule has 2 atom stereocenters. The third-order valence-corrected chi connectivity index (χ3v) is 2.55. The fourth-order valence-corrected chi connectivity index (χ4v) is 1.72. The second kappa shape index (κ2) is 4.64. The summed E-state index contributed by atoms with van der Waals surface area (Å²) in [5, 5.41) is 9.57. The Labute approximate surface area is 89.6 Å². The summed E-state index contributed by atoms with van der Waals surface area (Å²) in [5.41, 5.74) is 0.837. The van der Waals surface area contributed by atoms with Gasteiger partial charge in [-0.1, -0.05) is 18.2 Å². The summed E-state index contributed by atoms with van der Waals surface area (Å²) in [6.07, 6.45) is 0.558. The van der Waals surface area contributed by atoms with Crippen LogP contribution in [-0.4, -0.2) is 24.4 Å². The number of para-hydroxylation sites is 1. The first-order valence-electron chi connectivity index (χ1n) is 5.29. The van der Waals surface area contributed by atoms with Gasteiger partial charge in [-0.05, 0) is 13.0 Å². The lowest BCUT2D eigenvalue weighted by atomic mass is 10.1. The lowest BCUT2D eigenvalue weighted by Gasteiger charge is -2.16. The molecule has 2 unspecified atom stereocenters. The van der Waals surface area contributed by atoms with E-state index in [-0.39, 0.29) is 6.10 Å². The van der Waals surface area contributed by atoms with Gasteiger partial charge in [0.1, 0.15) is 11.9 Å². The number of hydrogen-bond donors (Lipinski definition) is 1. The van der Waals surface area contributed by atoms with Crippen LogP contribution in [0.4, 0.5) is 0 Å². The van der Waals surface area contributed by atoms with Crippen LogP contribution in [0.3, 0.4) is 0 Å². The number of rotatable bonds is 3. The van der Waals surface area contributed by atoms with E-state index in [2.05, 4.69) is 0 Å². The molecule has 2 rings (SSSR count). The molecule has 1 aromatic rings. The molecule has 0 radical (unpaired) electrons. The van der Waals surface area contributed by atoms with Crippen molar-refractivity contribution in [1.82, 2.24) is 0 Å². The van der Waals surface area contributed by atoms with Crippen LogP contribution >= 0.6 is 0 Å². The van der Waals surface area contributed by atoms with Crippen LogP contribution in [0, 0.1) is 0 Å². The highest BCUT2D eigenvalue weighted by atomic mass is 16.5. The van der Waals surface area contributed by atoms with Crippen molar-refractivity contribution in [3.05, 3.63) is 29.8 Å². The van der Waals surface area contributed by atoms with E-state index in [1.807, 2.05) is 24.3 Å². The zero-order valence-electron chi connectivity index (χ0n) is 8.85. The number of benzene rings is 1. The minimum absolute atomic E-state index is 0.130. The van der Waals surface area contributed by atoms with E-state index in [0.717, 1.165) is 24.3 Å². The molecule has 3 nitrogen and oxygen atoms in total. The zero-order valence-corrected chi connectivity index (χ0v) is 8.85. The van der Waals surface area contributed by atoms with E-state index in [9.17, 15) is 5.11 Å². The summed E-state index contributed by atoms with van der Waals surface area (Å²) < 4.78 is 11.0. The van der Waals surface area contributed by atoms with Crippen LogP contribution in [-0.2, 0) is 4.74 Å². The molecule has 15 heavy (non-hydrogen) atoms. The van der Waals surface area contributed by atoms with Crippen molar-refractivity contribution in [3.8, 4) is 5.75 Å². The maximum Gasteiger partial charge on any atom is 0.125 e. The third-order valence-electron chi connectivity index (χ3n) is 2.55. The first kappa shape index (κ1) is 10.5. The van der Waals surface area contributed by atoms with Gasteiger partial charge in [0.05, 0.1) is 19.3 Å². The fourth-order valence-electron chi connectivity index (χ4n) is 1.72. The molecule has 1 heterocycles. The van der Waals surface area contributed by atoms with Gasteiger partial charge < -0.3 is 14.6 Å². The molecular weight excluding hydrogens is 192 g/mol. The van der Waals surface area contributed by atoms with E-state index in [0.29, 0.717) is 6.61 Å². The summed E-state index contributed by atoms with van der Waals surface area (Å²) in [7, 11) is 0. The van der Waals surface area contributed by atoms with Gasteiger partial charge in [-0.25, -0.2) is 0 Å². The van der Waals surface area contributed by atoms with Crippen LogP contribution in [0.2, 0.25) is 0 Å². The first-order valence-corrected chi connectivity index (χ1v) is 5.29. The molecule has 0 bridgehead atoms. The summed E-state index contributed by atoms with van der Waals surface area (Å²) in [6.45, 7) is 3.16. The summed E-state index contributed by atoms with van der Waals surface area (Å²) in [4.78, 5) is 0. The lowest BCUT2D eigenvalue weighted by molar-refractivity contribution is 0.135. The Kier molecular flexibility index (Phi) is 3.23. The van der Waals surface area contributed by atoms with E-state index >= 15 is 0 Å². The SMILES string of the molecule is CC(O)c1ccccc1OC1CCOC1. The Balaban J connectivity index is 2.12. The Bertz CT molecular complexity index is 316. The molecule has 1 fully saturated rings. The number of aliphatic hydroxyl groups is 1. The second-order valence-electron chi connectivity index (χ2n) is 3.82.